The highest BCUT2D eigenvalue weighted by atomic mass is 32.2. The number of rotatable bonds is 5. The highest BCUT2D eigenvalue weighted by molar-refractivity contribution is 7.97. The quantitative estimate of drug-likeness (QED) is 0.915. The van der Waals surface area contributed by atoms with E-state index in [9.17, 15) is 4.79 Å². The van der Waals surface area contributed by atoms with Crippen molar-refractivity contribution in [2.75, 3.05) is 6.26 Å². The maximum Gasteiger partial charge on any atom is 0.251 e. The lowest BCUT2D eigenvalue weighted by Gasteiger charge is -2.14. The molecule has 0 saturated heterocycles. The summed E-state index contributed by atoms with van der Waals surface area (Å²) < 4.78 is 0. The second-order valence-corrected chi connectivity index (χ2v) is 5.47. The number of hydrogen-bond acceptors (Lipinski definition) is 3. The monoisotopic (exact) mass is 286 g/mol. The number of aromatic nitrogens is 1. The second kappa shape index (κ2) is 7.10. The molecule has 1 unspecified atom stereocenters. The van der Waals surface area contributed by atoms with Gasteiger partial charge in [0.2, 0.25) is 0 Å². The predicted molar refractivity (Wildman–Crippen MR) is 83.8 cm³/mol. The SMILES string of the molecule is CSCc1ccc(C(=O)NC(C)c2ccncc2)cc1. The molecule has 0 aliphatic heterocycles. The molecule has 0 saturated carbocycles. The van der Waals surface area contributed by atoms with Crippen LogP contribution in [0.2, 0.25) is 0 Å². The highest BCUT2D eigenvalue weighted by Gasteiger charge is 2.11. The summed E-state index contributed by atoms with van der Waals surface area (Å²) in [7, 11) is 0. The fraction of sp³-hybridized carbons (Fsp3) is 0.250. The molecule has 0 bridgehead atoms. The number of nitrogens with one attached hydrogen (secondary N) is 1. The molecule has 1 N–H and O–H groups in total. The smallest absolute Gasteiger partial charge is 0.251 e. The Morgan fingerprint density at radius 2 is 1.85 bits per heavy atom. The number of pyridine rings is 1. The minimum atomic E-state index is -0.0509. The van der Waals surface area contributed by atoms with Gasteiger partial charge in [0.25, 0.3) is 5.91 Å². The van der Waals surface area contributed by atoms with Crippen molar-refractivity contribution in [3.63, 3.8) is 0 Å². The molecule has 0 spiro atoms. The summed E-state index contributed by atoms with van der Waals surface area (Å²) in [5, 5.41) is 2.99. The number of amides is 1. The third kappa shape index (κ3) is 3.84. The molecule has 20 heavy (non-hydrogen) atoms. The van der Waals surface area contributed by atoms with Crippen LogP contribution in [0.3, 0.4) is 0 Å². The van der Waals surface area contributed by atoms with Crippen LogP contribution in [0.1, 0.15) is 34.5 Å². The van der Waals surface area contributed by atoms with Crippen molar-refractivity contribution >= 4 is 17.7 Å². The summed E-state index contributed by atoms with van der Waals surface area (Å²) in [6.45, 7) is 1.97. The Kier molecular flexibility index (Phi) is 5.18. The summed E-state index contributed by atoms with van der Waals surface area (Å²) >= 11 is 1.77. The zero-order valence-corrected chi connectivity index (χ0v) is 12.5. The van der Waals surface area contributed by atoms with E-state index >= 15 is 0 Å². The van der Waals surface area contributed by atoms with E-state index in [-0.39, 0.29) is 11.9 Å². The molecule has 1 atom stereocenters. The summed E-state index contributed by atoms with van der Waals surface area (Å²) in [5.41, 5.74) is 2.97. The van der Waals surface area contributed by atoms with Gasteiger partial charge in [-0.1, -0.05) is 12.1 Å². The van der Waals surface area contributed by atoms with Gasteiger partial charge in [0.15, 0.2) is 0 Å². The minimum absolute atomic E-state index is 0.0311. The number of carbonyl (C=O) groups is 1. The van der Waals surface area contributed by atoms with Gasteiger partial charge in [-0.05, 0) is 48.6 Å². The summed E-state index contributed by atoms with van der Waals surface area (Å²) in [4.78, 5) is 16.1. The van der Waals surface area contributed by atoms with Crippen molar-refractivity contribution in [3.05, 3.63) is 65.5 Å². The molecule has 1 amide bonds. The third-order valence-electron chi connectivity index (χ3n) is 3.08. The van der Waals surface area contributed by atoms with Crippen LogP contribution in [0, 0.1) is 0 Å². The van der Waals surface area contributed by atoms with Crippen LogP contribution in [-0.2, 0) is 5.75 Å². The maximum absolute atomic E-state index is 12.2. The maximum atomic E-state index is 12.2. The van der Waals surface area contributed by atoms with E-state index in [0.717, 1.165) is 11.3 Å². The van der Waals surface area contributed by atoms with Gasteiger partial charge in [0.1, 0.15) is 0 Å². The van der Waals surface area contributed by atoms with Crippen LogP contribution < -0.4 is 5.32 Å². The highest BCUT2D eigenvalue weighted by Crippen LogP contribution is 2.13. The predicted octanol–water partition coefficient (Wildman–Crippen LogP) is 3.44. The van der Waals surface area contributed by atoms with Gasteiger partial charge in [0.05, 0.1) is 6.04 Å². The molecule has 2 rings (SSSR count). The van der Waals surface area contributed by atoms with Crippen molar-refractivity contribution in [1.82, 2.24) is 10.3 Å². The zero-order valence-electron chi connectivity index (χ0n) is 11.7. The largest absolute Gasteiger partial charge is 0.346 e. The van der Waals surface area contributed by atoms with Crippen molar-refractivity contribution in [1.29, 1.82) is 0 Å². The van der Waals surface area contributed by atoms with Gasteiger partial charge in [-0.3, -0.25) is 9.78 Å². The van der Waals surface area contributed by atoms with E-state index in [2.05, 4.69) is 16.6 Å². The van der Waals surface area contributed by atoms with E-state index in [1.54, 1.807) is 24.2 Å². The first kappa shape index (κ1) is 14.6. The normalized spacial score (nSPS) is 11.9. The first-order valence-corrected chi connectivity index (χ1v) is 7.88. The summed E-state index contributed by atoms with van der Waals surface area (Å²) in [6.07, 6.45) is 5.53. The van der Waals surface area contributed by atoms with Gasteiger partial charge in [-0.25, -0.2) is 0 Å². The molecule has 0 radical (unpaired) electrons. The van der Waals surface area contributed by atoms with E-state index < -0.39 is 0 Å². The molecule has 2 aromatic rings. The zero-order chi connectivity index (χ0) is 14.4. The number of carbonyl (C=O) groups excluding carboxylic acids is 1. The lowest BCUT2D eigenvalue weighted by Crippen LogP contribution is -2.26. The average Bonchev–Trinajstić information content (AvgIpc) is 2.49. The first-order chi connectivity index (χ1) is 9.70. The van der Waals surface area contributed by atoms with E-state index in [0.29, 0.717) is 5.56 Å². The minimum Gasteiger partial charge on any atom is -0.346 e. The molecular formula is C16H18N2OS. The average molecular weight is 286 g/mol. The second-order valence-electron chi connectivity index (χ2n) is 4.61. The fourth-order valence-corrected chi connectivity index (χ4v) is 2.46. The van der Waals surface area contributed by atoms with Crippen molar-refractivity contribution in [3.8, 4) is 0 Å². The molecule has 0 aliphatic carbocycles. The van der Waals surface area contributed by atoms with Gasteiger partial charge in [-0.2, -0.15) is 11.8 Å². The van der Waals surface area contributed by atoms with Gasteiger partial charge in [0, 0.05) is 23.7 Å². The molecule has 1 heterocycles. The van der Waals surface area contributed by atoms with Crippen molar-refractivity contribution in [2.24, 2.45) is 0 Å². The molecule has 0 aliphatic rings. The van der Waals surface area contributed by atoms with E-state index in [1.165, 1.54) is 5.56 Å². The topological polar surface area (TPSA) is 42.0 Å². The first-order valence-electron chi connectivity index (χ1n) is 6.49. The summed E-state index contributed by atoms with van der Waals surface area (Å²) in [6, 6.07) is 11.5. The molecule has 4 heteroatoms. The fourth-order valence-electron chi connectivity index (χ4n) is 1.93. The molecule has 104 valence electrons. The van der Waals surface area contributed by atoms with Crippen LogP contribution in [0.4, 0.5) is 0 Å². The van der Waals surface area contributed by atoms with Crippen LogP contribution in [0.5, 0.6) is 0 Å². The van der Waals surface area contributed by atoms with Crippen LogP contribution in [0.15, 0.2) is 48.8 Å². The van der Waals surface area contributed by atoms with Gasteiger partial charge < -0.3 is 5.32 Å². The third-order valence-corrected chi connectivity index (χ3v) is 3.70. The number of benzene rings is 1. The molecule has 3 nitrogen and oxygen atoms in total. The Labute approximate surface area is 123 Å². The Morgan fingerprint density at radius 1 is 1.20 bits per heavy atom. The van der Waals surface area contributed by atoms with Crippen molar-refractivity contribution in [2.45, 2.75) is 18.7 Å². The summed E-state index contributed by atoms with van der Waals surface area (Å²) in [5.74, 6) is 0.917. The van der Waals surface area contributed by atoms with E-state index in [1.807, 2.05) is 43.3 Å². The molecule has 0 fully saturated rings. The van der Waals surface area contributed by atoms with Crippen LogP contribution >= 0.6 is 11.8 Å². The van der Waals surface area contributed by atoms with Gasteiger partial charge >= 0.3 is 0 Å². The molecule has 1 aromatic carbocycles. The van der Waals surface area contributed by atoms with E-state index in [4.69, 9.17) is 0 Å². The lowest BCUT2D eigenvalue weighted by molar-refractivity contribution is 0.0940. The Bertz CT molecular complexity index is 554. The lowest BCUT2D eigenvalue weighted by atomic mass is 10.1. The van der Waals surface area contributed by atoms with Crippen LogP contribution in [0.25, 0.3) is 0 Å². The molecule has 1 aromatic heterocycles. The Balaban J connectivity index is 2.01. The standard InChI is InChI=1S/C16H18N2OS/c1-12(14-7-9-17-10-8-14)18-16(19)15-5-3-13(4-6-15)11-20-2/h3-10,12H,11H2,1-2H3,(H,18,19). The van der Waals surface area contributed by atoms with Crippen LogP contribution in [-0.4, -0.2) is 17.1 Å². The number of nitrogens with zero attached hydrogens (tertiary/aromatic N) is 1. The Morgan fingerprint density at radius 3 is 2.45 bits per heavy atom. The Hall–Kier alpha value is -1.81. The van der Waals surface area contributed by atoms with Gasteiger partial charge in [-0.15, -0.1) is 0 Å². The number of thioether (sulfide) groups is 1. The number of hydrogen-bond donors (Lipinski definition) is 1. The van der Waals surface area contributed by atoms with Crippen molar-refractivity contribution < 1.29 is 4.79 Å². The molecular weight excluding hydrogens is 268 g/mol.